The van der Waals surface area contributed by atoms with Crippen LogP contribution in [0.2, 0.25) is 0 Å². The van der Waals surface area contributed by atoms with Crippen LogP contribution in [0.15, 0.2) is 42.7 Å². The van der Waals surface area contributed by atoms with Gasteiger partial charge in [0.1, 0.15) is 0 Å². The van der Waals surface area contributed by atoms with Gasteiger partial charge in [0, 0.05) is 30.7 Å². The number of nitrogens with one attached hydrogen (secondary N) is 2. The van der Waals surface area contributed by atoms with Crippen LogP contribution in [0.4, 0.5) is 10.5 Å². The number of hydrogen-bond donors (Lipinski definition) is 3. The van der Waals surface area contributed by atoms with Gasteiger partial charge in [0.25, 0.3) is 0 Å². The summed E-state index contributed by atoms with van der Waals surface area (Å²) in [5, 5.41) is 9.62. The Bertz CT molecular complexity index is 550. The molecule has 0 saturated heterocycles. The van der Waals surface area contributed by atoms with Gasteiger partial charge < -0.3 is 16.4 Å². The molecule has 6 nitrogen and oxygen atoms in total. The van der Waals surface area contributed by atoms with E-state index in [1.165, 1.54) is 0 Å². The fourth-order valence-electron chi connectivity index (χ4n) is 1.79. The first-order valence-electron chi connectivity index (χ1n) is 6.53. The maximum Gasteiger partial charge on any atom is 0.319 e. The number of benzene rings is 1. The van der Waals surface area contributed by atoms with Gasteiger partial charge in [-0.1, -0.05) is 12.1 Å². The average Bonchev–Trinajstić information content (AvgIpc) is 2.92. The van der Waals surface area contributed by atoms with E-state index in [0.717, 1.165) is 11.3 Å². The smallest absolute Gasteiger partial charge is 0.319 e. The Morgan fingerprint density at radius 2 is 2.30 bits per heavy atom. The Labute approximate surface area is 118 Å². The zero-order valence-electron chi connectivity index (χ0n) is 11.4. The van der Waals surface area contributed by atoms with E-state index in [1.54, 1.807) is 10.9 Å². The normalized spacial score (nSPS) is 11.9. The lowest BCUT2D eigenvalue weighted by atomic mass is 10.1. The number of anilines is 1. The molecular formula is C14H19N5O. The van der Waals surface area contributed by atoms with Crippen LogP contribution in [0.3, 0.4) is 0 Å². The van der Waals surface area contributed by atoms with Crippen LogP contribution in [-0.4, -0.2) is 22.4 Å². The van der Waals surface area contributed by atoms with Gasteiger partial charge in [-0.3, -0.25) is 4.68 Å². The van der Waals surface area contributed by atoms with E-state index in [9.17, 15) is 4.79 Å². The van der Waals surface area contributed by atoms with Crippen LogP contribution < -0.4 is 16.4 Å². The number of hydrogen-bond acceptors (Lipinski definition) is 3. The maximum absolute atomic E-state index is 11.7. The number of nitrogens with zero attached hydrogens (tertiary/aromatic N) is 2. The van der Waals surface area contributed by atoms with Gasteiger partial charge in [0.15, 0.2) is 0 Å². The summed E-state index contributed by atoms with van der Waals surface area (Å²) >= 11 is 0. The summed E-state index contributed by atoms with van der Waals surface area (Å²) in [6.07, 6.45) is 3.56. The number of aromatic nitrogens is 2. The number of carbonyl (C=O) groups excluding carboxylic acids is 1. The molecule has 2 aromatic rings. The van der Waals surface area contributed by atoms with Crippen molar-refractivity contribution < 1.29 is 4.79 Å². The molecule has 1 aromatic carbocycles. The molecule has 0 fully saturated rings. The minimum absolute atomic E-state index is 0.0559. The summed E-state index contributed by atoms with van der Waals surface area (Å²) in [5.41, 5.74) is 7.53. The number of amides is 2. The van der Waals surface area contributed by atoms with Crippen molar-refractivity contribution >= 4 is 11.7 Å². The molecular weight excluding hydrogens is 254 g/mol. The lowest BCUT2D eigenvalue weighted by Gasteiger charge is -2.10. The first kappa shape index (κ1) is 14.1. The molecule has 1 aromatic heterocycles. The predicted octanol–water partition coefficient (Wildman–Crippen LogP) is 1.72. The largest absolute Gasteiger partial charge is 0.336 e. The zero-order chi connectivity index (χ0) is 14.4. The minimum atomic E-state index is -0.237. The Kier molecular flexibility index (Phi) is 4.73. The molecule has 2 rings (SSSR count). The first-order chi connectivity index (χ1) is 9.65. The molecule has 0 bridgehead atoms. The monoisotopic (exact) mass is 273 g/mol. The highest BCUT2D eigenvalue weighted by atomic mass is 16.2. The molecule has 1 unspecified atom stereocenters. The summed E-state index contributed by atoms with van der Waals surface area (Å²) in [5.74, 6) is 0. The van der Waals surface area contributed by atoms with Gasteiger partial charge in [-0.2, -0.15) is 5.10 Å². The van der Waals surface area contributed by atoms with Crippen molar-refractivity contribution in [3.63, 3.8) is 0 Å². The lowest BCUT2D eigenvalue weighted by Crippen LogP contribution is -2.31. The molecule has 0 spiro atoms. The van der Waals surface area contributed by atoms with Gasteiger partial charge in [-0.15, -0.1) is 0 Å². The summed E-state index contributed by atoms with van der Waals surface area (Å²) in [6, 6.07) is 9.07. The number of carbonyl (C=O) groups is 1. The van der Waals surface area contributed by atoms with E-state index in [4.69, 9.17) is 5.73 Å². The van der Waals surface area contributed by atoms with Gasteiger partial charge in [0.2, 0.25) is 0 Å². The van der Waals surface area contributed by atoms with Gasteiger partial charge in [0.05, 0.1) is 6.54 Å². The second-order valence-electron chi connectivity index (χ2n) is 4.56. The molecule has 0 saturated carbocycles. The number of rotatable bonds is 5. The quantitative estimate of drug-likeness (QED) is 0.775. The third kappa shape index (κ3) is 4.10. The Hall–Kier alpha value is -2.34. The van der Waals surface area contributed by atoms with E-state index in [-0.39, 0.29) is 12.1 Å². The Balaban J connectivity index is 1.80. The van der Waals surface area contributed by atoms with E-state index in [1.807, 2.05) is 43.5 Å². The average molecular weight is 273 g/mol. The van der Waals surface area contributed by atoms with Gasteiger partial charge >= 0.3 is 6.03 Å². The molecule has 4 N–H and O–H groups in total. The third-order valence-corrected chi connectivity index (χ3v) is 2.86. The van der Waals surface area contributed by atoms with E-state index < -0.39 is 0 Å². The van der Waals surface area contributed by atoms with Gasteiger partial charge in [-0.05, 0) is 30.7 Å². The molecule has 106 valence electrons. The van der Waals surface area contributed by atoms with Crippen molar-refractivity contribution in [2.45, 2.75) is 19.5 Å². The highest BCUT2D eigenvalue weighted by Crippen LogP contribution is 2.15. The molecule has 1 heterocycles. The molecule has 2 amide bonds. The predicted molar refractivity (Wildman–Crippen MR) is 78.3 cm³/mol. The maximum atomic E-state index is 11.7. The van der Waals surface area contributed by atoms with Crippen molar-refractivity contribution in [2.75, 3.05) is 11.9 Å². The van der Waals surface area contributed by atoms with Crippen LogP contribution in [0.25, 0.3) is 0 Å². The molecule has 0 aliphatic carbocycles. The van der Waals surface area contributed by atoms with Crippen molar-refractivity contribution in [1.29, 1.82) is 0 Å². The van der Waals surface area contributed by atoms with Crippen molar-refractivity contribution in [2.24, 2.45) is 5.73 Å². The second kappa shape index (κ2) is 6.72. The number of urea groups is 1. The van der Waals surface area contributed by atoms with E-state index in [2.05, 4.69) is 15.7 Å². The summed E-state index contributed by atoms with van der Waals surface area (Å²) in [4.78, 5) is 11.7. The third-order valence-electron chi connectivity index (χ3n) is 2.86. The Morgan fingerprint density at radius 3 is 3.00 bits per heavy atom. The highest BCUT2D eigenvalue weighted by molar-refractivity contribution is 5.89. The molecule has 0 aliphatic heterocycles. The van der Waals surface area contributed by atoms with Crippen molar-refractivity contribution in [1.82, 2.24) is 15.1 Å². The van der Waals surface area contributed by atoms with Crippen LogP contribution in [0.5, 0.6) is 0 Å². The standard InChI is InChI=1S/C14H19N5O/c1-11(15)12-4-2-5-13(10-12)18-14(20)16-7-9-19-8-3-6-17-19/h2-6,8,10-11H,7,9,15H2,1H3,(H2,16,18,20). The van der Waals surface area contributed by atoms with E-state index in [0.29, 0.717) is 13.1 Å². The van der Waals surface area contributed by atoms with Crippen LogP contribution >= 0.6 is 0 Å². The fraction of sp³-hybridized carbons (Fsp3) is 0.286. The van der Waals surface area contributed by atoms with Crippen LogP contribution in [-0.2, 0) is 6.54 Å². The van der Waals surface area contributed by atoms with Gasteiger partial charge in [-0.25, -0.2) is 4.79 Å². The molecule has 0 aliphatic rings. The van der Waals surface area contributed by atoms with Crippen molar-refractivity contribution in [3.8, 4) is 0 Å². The molecule has 20 heavy (non-hydrogen) atoms. The van der Waals surface area contributed by atoms with Crippen molar-refractivity contribution in [3.05, 3.63) is 48.3 Å². The highest BCUT2D eigenvalue weighted by Gasteiger charge is 2.04. The lowest BCUT2D eigenvalue weighted by molar-refractivity contribution is 0.251. The molecule has 0 radical (unpaired) electrons. The Morgan fingerprint density at radius 1 is 1.45 bits per heavy atom. The molecule has 6 heteroatoms. The van der Waals surface area contributed by atoms with E-state index >= 15 is 0 Å². The topological polar surface area (TPSA) is 85.0 Å². The second-order valence-corrected chi connectivity index (χ2v) is 4.56. The minimum Gasteiger partial charge on any atom is -0.336 e. The van der Waals surface area contributed by atoms with Crippen LogP contribution in [0, 0.1) is 0 Å². The van der Waals surface area contributed by atoms with Crippen LogP contribution in [0.1, 0.15) is 18.5 Å². The first-order valence-corrected chi connectivity index (χ1v) is 6.53. The summed E-state index contributed by atoms with van der Waals surface area (Å²) < 4.78 is 1.76. The zero-order valence-corrected chi connectivity index (χ0v) is 11.4. The summed E-state index contributed by atoms with van der Waals surface area (Å²) in [6.45, 7) is 3.06. The SMILES string of the molecule is CC(N)c1cccc(NC(=O)NCCn2cccn2)c1. The molecule has 1 atom stereocenters. The number of nitrogens with two attached hydrogens (primary N) is 1. The fourth-order valence-corrected chi connectivity index (χ4v) is 1.79. The summed E-state index contributed by atoms with van der Waals surface area (Å²) in [7, 11) is 0.